The third-order valence-electron chi connectivity index (χ3n) is 4.07. The van der Waals surface area contributed by atoms with Crippen molar-refractivity contribution in [1.29, 1.82) is 0 Å². The van der Waals surface area contributed by atoms with E-state index in [9.17, 15) is 13.2 Å². The fraction of sp³-hybridized carbons (Fsp3) is 0.200. The van der Waals surface area contributed by atoms with Crippen LogP contribution >= 0.6 is 11.3 Å². The van der Waals surface area contributed by atoms with Crippen molar-refractivity contribution < 1.29 is 13.2 Å². The van der Waals surface area contributed by atoms with Crippen LogP contribution in [-0.4, -0.2) is 25.1 Å². The normalized spacial score (nSPS) is 11.3. The molecule has 0 aliphatic rings. The van der Waals surface area contributed by atoms with Gasteiger partial charge in [0.1, 0.15) is 0 Å². The molecule has 0 bridgehead atoms. The maximum absolute atomic E-state index is 12.5. The number of pyridine rings is 1. The maximum atomic E-state index is 12.5. The molecule has 0 aliphatic heterocycles. The maximum Gasteiger partial charge on any atom is 0.253 e. The van der Waals surface area contributed by atoms with Crippen LogP contribution in [0.25, 0.3) is 0 Å². The summed E-state index contributed by atoms with van der Waals surface area (Å²) >= 11 is 1.58. The molecule has 7 heteroatoms. The van der Waals surface area contributed by atoms with Crippen LogP contribution in [-0.2, 0) is 22.8 Å². The first kappa shape index (κ1) is 19.3. The van der Waals surface area contributed by atoms with E-state index in [1.165, 1.54) is 0 Å². The quantitative estimate of drug-likeness (QED) is 0.628. The zero-order valence-electron chi connectivity index (χ0n) is 14.7. The fourth-order valence-corrected chi connectivity index (χ4v) is 4.67. The Morgan fingerprint density at radius 1 is 1.04 bits per heavy atom. The Bertz CT molecular complexity index is 985. The van der Waals surface area contributed by atoms with Crippen LogP contribution < -0.4 is 5.32 Å². The number of carbonyl (C=O) groups excluding carboxylic acids is 1. The summed E-state index contributed by atoms with van der Waals surface area (Å²) in [4.78, 5) is 18.2. The lowest BCUT2D eigenvalue weighted by Crippen LogP contribution is -2.24. The van der Waals surface area contributed by atoms with Gasteiger partial charge in [-0.3, -0.25) is 9.78 Å². The Morgan fingerprint density at radius 3 is 2.59 bits per heavy atom. The van der Waals surface area contributed by atoms with Crippen LogP contribution in [0.5, 0.6) is 0 Å². The van der Waals surface area contributed by atoms with Gasteiger partial charge in [0, 0.05) is 11.1 Å². The summed E-state index contributed by atoms with van der Waals surface area (Å²) in [5.41, 5.74) is 1.11. The highest BCUT2D eigenvalue weighted by Gasteiger charge is 2.16. The van der Waals surface area contributed by atoms with Gasteiger partial charge in [-0.1, -0.05) is 24.3 Å². The highest BCUT2D eigenvalue weighted by Crippen LogP contribution is 2.14. The first-order chi connectivity index (χ1) is 13.1. The second-order valence-corrected chi connectivity index (χ2v) is 9.14. The van der Waals surface area contributed by atoms with Gasteiger partial charge in [0.25, 0.3) is 5.91 Å². The highest BCUT2D eigenvalue weighted by molar-refractivity contribution is 7.91. The van der Waals surface area contributed by atoms with E-state index in [1.807, 2.05) is 17.5 Å². The van der Waals surface area contributed by atoms with E-state index in [4.69, 9.17) is 0 Å². The minimum absolute atomic E-state index is 0.0177. The number of aryl methyl sites for hydroxylation is 1. The molecule has 3 aromatic rings. The number of aromatic nitrogens is 1. The summed E-state index contributed by atoms with van der Waals surface area (Å²) in [5, 5.41) is 4.85. The van der Waals surface area contributed by atoms with E-state index >= 15 is 0 Å². The summed E-state index contributed by atoms with van der Waals surface area (Å²) in [6.07, 6.45) is 2.45. The third-order valence-corrected chi connectivity index (χ3v) is 6.76. The Morgan fingerprint density at radius 2 is 1.85 bits per heavy atom. The number of amides is 1. The number of sulfone groups is 1. The van der Waals surface area contributed by atoms with Crippen molar-refractivity contribution in [2.24, 2.45) is 0 Å². The average Bonchev–Trinajstić information content (AvgIpc) is 3.21. The molecule has 1 N–H and O–H groups in total. The van der Waals surface area contributed by atoms with Crippen molar-refractivity contribution in [1.82, 2.24) is 10.3 Å². The topological polar surface area (TPSA) is 76.1 Å². The summed E-state index contributed by atoms with van der Waals surface area (Å²) in [5.74, 6) is -0.179. The number of rotatable bonds is 8. The number of benzene rings is 1. The lowest BCUT2D eigenvalue weighted by molar-refractivity contribution is 0.0950. The number of nitrogens with one attached hydrogen (secondary N) is 1. The molecule has 0 saturated carbocycles. The SMILES string of the molecule is O=C(NCc1cccs1)c1cccnc1CCCS(=O)(=O)c1ccccc1. The second kappa shape index (κ2) is 8.92. The van der Waals surface area contributed by atoms with Crippen molar-refractivity contribution in [3.63, 3.8) is 0 Å². The molecule has 0 aliphatic carbocycles. The number of hydrogen-bond acceptors (Lipinski definition) is 5. The molecule has 0 unspecified atom stereocenters. The van der Waals surface area contributed by atoms with Crippen LogP contribution in [0, 0.1) is 0 Å². The van der Waals surface area contributed by atoms with Gasteiger partial charge in [0.2, 0.25) is 0 Å². The van der Waals surface area contributed by atoms with Crippen molar-refractivity contribution in [3.8, 4) is 0 Å². The van der Waals surface area contributed by atoms with Crippen LogP contribution in [0.15, 0.2) is 71.1 Å². The predicted octanol–water partition coefficient (Wildman–Crippen LogP) is 3.48. The zero-order chi connectivity index (χ0) is 19.1. The molecule has 3 rings (SSSR count). The van der Waals surface area contributed by atoms with Crippen LogP contribution in [0.3, 0.4) is 0 Å². The molecular weight excluding hydrogens is 380 g/mol. The smallest absolute Gasteiger partial charge is 0.253 e. The molecule has 0 fully saturated rings. The lowest BCUT2D eigenvalue weighted by atomic mass is 10.1. The number of thiophene rings is 1. The minimum Gasteiger partial charge on any atom is -0.347 e. The Kier molecular flexibility index (Phi) is 6.36. The van der Waals surface area contributed by atoms with Crippen molar-refractivity contribution in [3.05, 3.63) is 82.3 Å². The first-order valence-electron chi connectivity index (χ1n) is 8.58. The zero-order valence-corrected chi connectivity index (χ0v) is 16.3. The molecule has 2 heterocycles. The van der Waals surface area contributed by atoms with Gasteiger partial charge in [0.05, 0.1) is 28.5 Å². The molecule has 27 heavy (non-hydrogen) atoms. The molecule has 2 aromatic heterocycles. The van der Waals surface area contributed by atoms with Crippen molar-refractivity contribution in [2.75, 3.05) is 5.75 Å². The van der Waals surface area contributed by atoms with Crippen LogP contribution in [0.2, 0.25) is 0 Å². The fourth-order valence-electron chi connectivity index (χ4n) is 2.70. The molecule has 1 aromatic carbocycles. The Labute approximate surface area is 163 Å². The molecule has 5 nitrogen and oxygen atoms in total. The Hall–Kier alpha value is -2.51. The van der Waals surface area contributed by atoms with E-state index in [0.29, 0.717) is 35.5 Å². The molecule has 1 amide bonds. The van der Waals surface area contributed by atoms with E-state index < -0.39 is 9.84 Å². The predicted molar refractivity (Wildman–Crippen MR) is 107 cm³/mol. The van der Waals surface area contributed by atoms with E-state index in [-0.39, 0.29) is 11.7 Å². The van der Waals surface area contributed by atoms with Crippen molar-refractivity contribution >= 4 is 27.1 Å². The monoisotopic (exact) mass is 400 g/mol. The highest BCUT2D eigenvalue weighted by atomic mass is 32.2. The van der Waals surface area contributed by atoms with E-state index in [0.717, 1.165) is 4.88 Å². The average molecular weight is 401 g/mol. The number of carbonyl (C=O) groups is 1. The Balaban J connectivity index is 1.61. The molecular formula is C20H20N2O3S2. The number of hydrogen-bond donors (Lipinski definition) is 1. The van der Waals surface area contributed by atoms with Crippen LogP contribution in [0.4, 0.5) is 0 Å². The standard InChI is InChI=1S/C20H20N2O3S2/c23-20(22-15-16-7-5-13-26-16)18-10-4-12-21-19(18)11-6-14-27(24,25)17-8-2-1-3-9-17/h1-5,7-10,12-13H,6,11,14-15H2,(H,22,23). The lowest BCUT2D eigenvalue weighted by Gasteiger charge is -2.09. The first-order valence-corrected chi connectivity index (χ1v) is 11.1. The summed E-state index contributed by atoms with van der Waals surface area (Å²) < 4.78 is 24.8. The van der Waals surface area contributed by atoms with Crippen molar-refractivity contribution in [2.45, 2.75) is 24.3 Å². The summed E-state index contributed by atoms with van der Waals surface area (Å²) in [6, 6.07) is 15.7. The summed E-state index contributed by atoms with van der Waals surface area (Å²) in [6.45, 7) is 0.465. The van der Waals surface area contributed by atoms with E-state index in [1.54, 1.807) is 60.0 Å². The van der Waals surface area contributed by atoms with Gasteiger partial charge in [0.15, 0.2) is 9.84 Å². The molecule has 0 atom stereocenters. The van der Waals surface area contributed by atoms with Gasteiger partial charge in [-0.2, -0.15) is 0 Å². The third kappa shape index (κ3) is 5.24. The largest absolute Gasteiger partial charge is 0.347 e. The van der Waals surface area contributed by atoms with Gasteiger partial charge in [-0.25, -0.2) is 8.42 Å². The van der Waals surface area contributed by atoms with Gasteiger partial charge in [-0.05, 0) is 48.6 Å². The molecule has 0 radical (unpaired) electrons. The minimum atomic E-state index is -3.33. The van der Waals surface area contributed by atoms with E-state index in [2.05, 4.69) is 10.3 Å². The van der Waals surface area contributed by atoms with Gasteiger partial charge < -0.3 is 5.32 Å². The summed E-state index contributed by atoms with van der Waals surface area (Å²) in [7, 11) is -3.33. The van der Waals surface area contributed by atoms with Gasteiger partial charge in [-0.15, -0.1) is 11.3 Å². The molecule has 0 saturated heterocycles. The number of nitrogens with zero attached hydrogens (tertiary/aromatic N) is 1. The molecule has 0 spiro atoms. The molecule has 140 valence electrons. The van der Waals surface area contributed by atoms with Crippen LogP contribution in [0.1, 0.15) is 27.3 Å². The second-order valence-electron chi connectivity index (χ2n) is 6.00. The van der Waals surface area contributed by atoms with Gasteiger partial charge >= 0.3 is 0 Å².